The van der Waals surface area contributed by atoms with Crippen LogP contribution in [0.1, 0.15) is 27.2 Å². The molecule has 0 bridgehead atoms. The van der Waals surface area contributed by atoms with E-state index in [4.69, 9.17) is 0 Å². The maximum atomic E-state index is 12.3. The molecule has 2 aliphatic rings. The highest BCUT2D eigenvalue weighted by Gasteiger charge is 2.60. The number of carbonyl (C=O) groups excluding carboxylic acids is 2. The molecule has 8 nitrogen and oxygen atoms in total. The van der Waals surface area contributed by atoms with Crippen molar-refractivity contribution in [1.82, 2.24) is 10.2 Å². The van der Waals surface area contributed by atoms with Gasteiger partial charge in [0.2, 0.25) is 11.8 Å². The topological polar surface area (TPSA) is 124 Å². The molecule has 2 rings (SSSR count). The van der Waals surface area contributed by atoms with Gasteiger partial charge in [0.15, 0.2) is 0 Å². The number of hydrogen-bond donors (Lipinski definition) is 3. The Morgan fingerprint density at radius 3 is 2.52 bits per heavy atom. The summed E-state index contributed by atoms with van der Waals surface area (Å²) in [6.45, 7) is 4.25. The van der Waals surface area contributed by atoms with Crippen molar-refractivity contribution in [2.75, 3.05) is 0 Å². The molecule has 0 radical (unpaired) electrons. The molecular formula is C14H18N2O6S. The molecule has 2 amide bonds. The van der Waals surface area contributed by atoms with Crippen molar-refractivity contribution in [3.8, 4) is 0 Å². The molecule has 0 aromatic rings. The Bertz CT molecular complexity index is 661. The Balaban J connectivity index is 2.28. The Labute approximate surface area is 135 Å². The summed E-state index contributed by atoms with van der Waals surface area (Å²) >= 11 is 0. The van der Waals surface area contributed by atoms with Crippen molar-refractivity contribution in [2.24, 2.45) is 5.92 Å². The van der Waals surface area contributed by atoms with Crippen LogP contribution >= 0.6 is 0 Å². The first-order valence-corrected chi connectivity index (χ1v) is 8.13. The van der Waals surface area contributed by atoms with Crippen molar-refractivity contribution in [3.05, 3.63) is 22.2 Å². The van der Waals surface area contributed by atoms with Crippen LogP contribution in [-0.2, 0) is 25.2 Å². The van der Waals surface area contributed by atoms with Crippen LogP contribution in [0, 0.1) is 5.92 Å². The highest BCUT2D eigenvalue weighted by molar-refractivity contribution is 7.91. The lowest BCUT2D eigenvalue weighted by atomic mass is 9.76. The third-order valence-electron chi connectivity index (χ3n) is 3.80. The predicted molar refractivity (Wildman–Crippen MR) is 80.8 cm³/mol. The zero-order valence-electron chi connectivity index (χ0n) is 12.9. The number of rotatable bonds is 5. The van der Waals surface area contributed by atoms with Crippen LogP contribution in [0.4, 0.5) is 0 Å². The third-order valence-corrected chi connectivity index (χ3v) is 5.03. The van der Waals surface area contributed by atoms with Gasteiger partial charge >= 0.3 is 5.97 Å². The molecule has 0 spiro atoms. The van der Waals surface area contributed by atoms with Gasteiger partial charge in [-0.3, -0.25) is 9.59 Å². The number of nitrogens with one attached hydrogen (secondary N) is 1. The van der Waals surface area contributed by atoms with Crippen molar-refractivity contribution in [2.45, 2.75) is 38.8 Å². The SMILES string of the molecule is CC(=O)N/C=C/[S@](=O)C1=C(C(=O)O)N2C(=O)[C@@H](C(C)(C)O)[C@H]2C1. The average molecular weight is 342 g/mol. The number of aliphatic carboxylic acids is 1. The molecule has 0 aromatic carbocycles. The maximum Gasteiger partial charge on any atom is 0.353 e. The highest BCUT2D eigenvalue weighted by Crippen LogP contribution is 2.47. The molecule has 126 valence electrons. The largest absolute Gasteiger partial charge is 0.477 e. The zero-order chi connectivity index (χ0) is 17.5. The fourth-order valence-corrected chi connectivity index (χ4v) is 3.99. The van der Waals surface area contributed by atoms with Gasteiger partial charge in [-0.2, -0.15) is 0 Å². The van der Waals surface area contributed by atoms with Crippen LogP contribution in [0.5, 0.6) is 0 Å². The lowest BCUT2D eigenvalue weighted by Gasteiger charge is -2.48. The first-order valence-electron chi connectivity index (χ1n) is 6.92. The number of carbonyl (C=O) groups is 3. The van der Waals surface area contributed by atoms with E-state index in [0.29, 0.717) is 0 Å². The van der Waals surface area contributed by atoms with Crippen LogP contribution < -0.4 is 5.32 Å². The van der Waals surface area contributed by atoms with Gasteiger partial charge < -0.3 is 20.4 Å². The Morgan fingerprint density at radius 1 is 1.43 bits per heavy atom. The van der Waals surface area contributed by atoms with Crippen molar-refractivity contribution < 1.29 is 28.8 Å². The van der Waals surface area contributed by atoms with E-state index in [1.54, 1.807) is 0 Å². The lowest BCUT2D eigenvalue weighted by molar-refractivity contribution is -0.169. The smallest absolute Gasteiger partial charge is 0.353 e. The molecule has 2 heterocycles. The van der Waals surface area contributed by atoms with E-state index in [1.807, 2.05) is 0 Å². The van der Waals surface area contributed by atoms with Crippen LogP contribution in [0.15, 0.2) is 22.2 Å². The molecular weight excluding hydrogens is 324 g/mol. The number of hydrogen-bond acceptors (Lipinski definition) is 5. The average Bonchev–Trinajstić information content (AvgIpc) is 2.71. The summed E-state index contributed by atoms with van der Waals surface area (Å²) in [7, 11) is -1.79. The highest BCUT2D eigenvalue weighted by atomic mass is 32.2. The van der Waals surface area contributed by atoms with Gasteiger partial charge in [0.1, 0.15) is 5.70 Å². The normalized spacial score (nSPS) is 25.4. The van der Waals surface area contributed by atoms with Gasteiger partial charge in [-0.15, -0.1) is 0 Å². The Morgan fingerprint density at radius 2 is 2.04 bits per heavy atom. The second kappa shape index (κ2) is 5.89. The Hall–Kier alpha value is -2.00. The standard InChI is InChI=1S/C14H18N2O6S/c1-7(17)15-4-5-23(22)9-6-8-10(14(2,3)21)12(18)16(8)11(9)13(19)20/h4-5,8,10,21H,6H2,1-3H3,(H,15,17)(H,19,20)/b5-4+/t8-,10+,23+/m1/s1. The fourth-order valence-electron chi connectivity index (χ4n) is 2.92. The molecule has 0 unspecified atom stereocenters. The predicted octanol–water partition coefficient (Wildman–Crippen LogP) is -0.360. The third kappa shape index (κ3) is 3.06. The molecule has 0 saturated carbocycles. The minimum absolute atomic E-state index is 0.101. The Kier molecular flexibility index (Phi) is 4.45. The van der Waals surface area contributed by atoms with Crippen molar-refractivity contribution in [3.63, 3.8) is 0 Å². The summed E-state index contributed by atoms with van der Waals surface area (Å²) < 4.78 is 12.3. The molecule has 1 fully saturated rings. The monoisotopic (exact) mass is 342 g/mol. The molecule has 3 atom stereocenters. The van der Waals surface area contributed by atoms with E-state index in [9.17, 15) is 28.8 Å². The molecule has 1 saturated heterocycles. The first kappa shape index (κ1) is 17.4. The van der Waals surface area contributed by atoms with Gasteiger partial charge in [0.25, 0.3) is 0 Å². The first-order chi connectivity index (χ1) is 10.6. The molecule has 3 N–H and O–H groups in total. The number of carboxylic acids is 1. The van der Waals surface area contributed by atoms with Gasteiger partial charge in [-0.25, -0.2) is 9.00 Å². The molecule has 9 heteroatoms. The summed E-state index contributed by atoms with van der Waals surface area (Å²) in [5.41, 5.74) is -1.59. The zero-order valence-corrected chi connectivity index (χ0v) is 13.7. The summed E-state index contributed by atoms with van der Waals surface area (Å²) in [4.78, 5) is 35.6. The van der Waals surface area contributed by atoms with Crippen LogP contribution in [0.3, 0.4) is 0 Å². The number of carboxylic acid groups (broad SMARTS) is 1. The minimum atomic E-state index is -1.79. The van der Waals surface area contributed by atoms with E-state index in [-0.39, 0.29) is 22.9 Å². The summed E-state index contributed by atoms with van der Waals surface area (Å²) in [5, 5.41) is 22.9. The van der Waals surface area contributed by atoms with Crippen LogP contribution in [0.25, 0.3) is 0 Å². The van der Waals surface area contributed by atoms with Gasteiger partial charge in [-0.1, -0.05) is 0 Å². The maximum absolute atomic E-state index is 12.3. The van der Waals surface area contributed by atoms with Crippen molar-refractivity contribution in [1.29, 1.82) is 0 Å². The van der Waals surface area contributed by atoms with E-state index in [0.717, 1.165) is 10.3 Å². The van der Waals surface area contributed by atoms with Gasteiger partial charge in [0, 0.05) is 25.0 Å². The summed E-state index contributed by atoms with van der Waals surface area (Å²) in [5.74, 6) is -2.91. The quantitative estimate of drug-likeness (QED) is 0.586. The minimum Gasteiger partial charge on any atom is -0.477 e. The molecule has 2 aliphatic heterocycles. The number of fused-ring (bicyclic) bond motifs is 1. The second-order valence-corrected chi connectivity index (χ2v) is 7.35. The van der Waals surface area contributed by atoms with E-state index in [2.05, 4.69) is 5.32 Å². The second-order valence-electron chi connectivity index (χ2n) is 5.99. The van der Waals surface area contributed by atoms with Gasteiger partial charge in [0.05, 0.1) is 33.3 Å². The fraction of sp³-hybridized carbons (Fsp3) is 0.500. The molecule has 23 heavy (non-hydrogen) atoms. The number of amides is 2. The van der Waals surface area contributed by atoms with E-state index >= 15 is 0 Å². The molecule has 0 aromatic heterocycles. The van der Waals surface area contributed by atoms with E-state index < -0.39 is 40.2 Å². The van der Waals surface area contributed by atoms with Crippen LogP contribution in [0.2, 0.25) is 0 Å². The van der Waals surface area contributed by atoms with Crippen LogP contribution in [-0.4, -0.2) is 48.7 Å². The number of β-lactam (4-membered cyclic amide) rings is 1. The number of nitrogens with zero attached hydrogens (tertiary/aromatic N) is 1. The molecule has 0 aliphatic carbocycles. The lowest BCUT2D eigenvalue weighted by Crippen LogP contribution is -2.65. The summed E-state index contributed by atoms with van der Waals surface area (Å²) in [6, 6.07) is -0.512. The van der Waals surface area contributed by atoms with E-state index in [1.165, 1.54) is 27.0 Å². The number of aliphatic hydroxyl groups is 1. The van der Waals surface area contributed by atoms with Gasteiger partial charge in [-0.05, 0) is 13.8 Å². The van der Waals surface area contributed by atoms with Crippen molar-refractivity contribution >= 4 is 28.6 Å². The summed E-state index contributed by atoms with van der Waals surface area (Å²) in [6.07, 6.45) is 1.29.